The molecule has 0 radical (unpaired) electrons. The van der Waals surface area contributed by atoms with E-state index in [0.717, 1.165) is 44.6 Å². The Balaban J connectivity index is 0.00000289. The minimum atomic E-state index is 0. The lowest BCUT2D eigenvalue weighted by molar-refractivity contribution is 0.123. The van der Waals surface area contributed by atoms with Gasteiger partial charge in [0.1, 0.15) is 0 Å². The summed E-state index contributed by atoms with van der Waals surface area (Å²) >= 11 is 0. The second-order valence-corrected chi connectivity index (χ2v) is 4.65. The standard InChI is InChI=1S/C13H27N3O.HI/c1-3-4-8-15-13(14-2)16-9-5-10-17-11-12-6-7-12;/h12H,3-11H2,1-2H3,(H2,14,15,16);1H. The molecule has 0 spiro atoms. The van der Waals surface area contributed by atoms with E-state index < -0.39 is 0 Å². The smallest absolute Gasteiger partial charge is 0.190 e. The van der Waals surface area contributed by atoms with Gasteiger partial charge < -0.3 is 15.4 Å². The van der Waals surface area contributed by atoms with Gasteiger partial charge in [0.15, 0.2) is 5.96 Å². The number of nitrogens with one attached hydrogen (secondary N) is 2. The molecule has 0 aliphatic heterocycles. The zero-order chi connectivity index (χ0) is 12.3. The summed E-state index contributed by atoms with van der Waals surface area (Å²) < 4.78 is 5.57. The number of hydrogen-bond donors (Lipinski definition) is 2. The van der Waals surface area contributed by atoms with Gasteiger partial charge >= 0.3 is 0 Å². The lowest BCUT2D eigenvalue weighted by Crippen LogP contribution is -2.38. The summed E-state index contributed by atoms with van der Waals surface area (Å²) in [6.45, 7) is 5.93. The summed E-state index contributed by atoms with van der Waals surface area (Å²) in [7, 11) is 1.81. The lowest BCUT2D eigenvalue weighted by atomic mass is 10.3. The quantitative estimate of drug-likeness (QED) is 0.284. The van der Waals surface area contributed by atoms with Crippen molar-refractivity contribution in [2.45, 2.75) is 39.0 Å². The van der Waals surface area contributed by atoms with Gasteiger partial charge in [-0.3, -0.25) is 4.99 Å². The van der Waals surface area contributed by atoms with E-state index in [0.29, 0.717) is 0 Å². The van der Waals surface area contributed by atoms with Crippen molar-refractivity contribution in [2.75, 3.05) is 33.4 Å². The summed E-state index contributed by atoms with van der Waals surface area (Å²) in [6.07, 6.45) is 6.17. The molecule has 0 unspecified atom stereocenters. The van der Waals surface area contributed by atoms with E-state index in [-0.39, 0.29) is 24.0 Å². The molecule has 1 fully saturated rings. The number of aliphatic imine (C=N–C) groups is 1. The van der Waals surface area contributed by atoms with Crippen molar-refractivity contribution in [3.05, 3.63) is 0 Å². The lowest BCUT2D eigenvalue weighted by Gasteiger charge is -2.11. The molecule has 2 N–H and O–H groups in total. The molecular formula is C13H28IN3O. The first-order valence-electron chi connectivity index (χ1n) is 6.89. The van der Waals surface area contributed by atoms with Crippen LogP contribution in [0.1, 0.15) is 39.0 Å². The number of guanidine groups is 1. The number of nitrogens with zero attached hydrogens (tertiary/aromatic N) is 1. The highest BCUT2D eigenvalue weighted by Crippen LogP contribution is 2.28. The van der Waals surface area contributed by atoms with Crippen molar-refractivity contribution in [3.63, 3.8) is 0 Å². The minimum absolute atomic E-state index is 0. The fraction of sp³-hybridized carbons (Fsp3) is 0.923. The second-order valence-electron chi connectivity index (χ2n) is 4.65. The Morgan fingerprint density at radius 3 is 2.44 bits per heavy atom. The highest BCUT2D eigenvalue weighted by atomic mass is 127. The monoisotopic (exact) mass is 369 g/mol. The van der Waals surface area contributed by atoms with Crippen molar-refractivity contribution >= 4 is 29.9 Å². The van der Waals surface area contributed by atoms with Crippen LogP contribution in [0.3, 0.4) is 0 Å². The zero-order valence-electron chi connectivity index (χ0n) is 11.7. The van der Waals surface area contributed by atoms with Crippen molar-refractivity contribution in [1.29, 1.82) is 0 Å². The summed E-state index contributed by atoms with van der Waals surface area (Å²) in [5.74, 6) is 1.77. The fourth-order valence-corrected chi connectivity index (χ4v) is 1.52. The largest absolute Gasteiger partial charge is 0.381 e. The number of halogens is 1. The number of hydrogen-bond acceptors (Lipinski definition) is 2. The van der Waals surface area contributed by atoms with Crippen LogP contribution >= 0.6 is 24.0 Å². The molecule has 1 aliphatic carbocycles. The molecule has 108 valence electrons. The molecule has 1 aliphatic rings. The fourth-order valence-electron chi connectivity index (χ4n) is 1.52. The van der Waals surface area contributed by atoms with Gasteiger partial charge in [-0.2, -0.15) is 0 Å². The van der Waals surface area contributed by atoms with Crippen LogP contribution in [0.2, 0.25) is 0 Å². The van der Waals surface area contributed by atoms with E-state index >= 15 is 0 Å². The van der Waals surface area contributed by atoms with Crippen LogP contribution in [0.4, 0.5) is 0 Å². The van der Waals surface area contributed by atoms with Crippen LogP contribution in [0.5, 0.6) is 0 Å². The molecule has 1 rings (SSSR count). The Bertz CT molecular complexity index is 220. The molecule has 0 saturated heterocycles. The maximum atomic E-state index is 5.57. The Hall–Kier alpha value is -0.0400. The van der Waals surface area contributed by atoms with Crippen molar-refractivity contribution in [3.8, 4) is 0 Å². The van der Waals surface area contributed by atoms with Crippen LogP contribution in [0.15, 0.2) is 4.99 Å². The second kappa shape index (κ2) is 12.0. The van der Waals surface area contributed by atoms with Crippen molar-refractivity contribution < 1.29 is 4.74 Å². The summed E-state index contributed by atoms with van der Waals surface area (Å²) in [4.78, 5) is 4.17. The third-order valence-electron chi connectivity index (χ3n) is 2.85. The summed E-state index contributed by atoms with van der Waals surface area (Å²) in [6, 6.07) is 0. The predicted molar refractivity (Wildman–Crippen MR) is 87.8 cm³/mol. The average Bonchev–Trinajstić information content (AvgIpc) is 3.15. The minimum Gasteiger partial charge on any atom is -0.381 e. The Morgan fingerprint density at radius 1 is 1.22 bits per heavy atom. The molecule has 0 bridgehead atoms. The molecule has 0 atom stereocenters. The molecule has 1 saturated carbocycles. The topological polar surface area (TPSA) is 45.7 Å². The van der Waals surface area contributed by atoms with Gasteiger partial charge in [-0.05, 0) is 31.6 Å². The first kappa shape index (κ1) is 18.0. The Labute approximate surface area is 128 Å². The van der Waals surface area contributed by atoms with E-state index in [1.807, 2.05) is 7.05 Å². The molecule has 4 nitrogen and oxygen atoms in total. The molecule has 18 heavy (non-hydrogen) atoms. The Morgan fingerprint density at radius 2 is 1.89 bits per heavy atom. The van der Waals surface area contributed by atoms with Crippen LogP contribution in [-0.2, 0) is 4.74 Å². The first-order chi connectivity index (χ1) is 8.36. The van der Waals surface area contributed by atoms with Gasteiger partial charge in [-0.15, -0.1) is 24.0 Å². The third-order valence-corrected chi connectivity index (χ3v) is 2.85. The van der Waals surface area contributed by atoms with Crippen molar-refractivity contribution in [1.82, 2.24) is 10.6 Å². The van der Waals surface area contributed by atoms with Gasteiger partial charge in [0, 0.05) is 33.4 Å². The van der Waals surface area contributed by atoms with Gasteiger partial charge in [0.05, 0.1) is 0 Å². The summed E-state index contributed by atoms with van der Waals surface area (Å²) in [5, 5.41) is 6.58. The van der Waals surface area contributed by atoms with E-state index in [1.54, 1.807) is 0 Å². The highest BCUT2D eigenvalue weighted by molar-refractivity contribution is 14.0. The average molecular weight is 369 g/mol. The molecule has 0 amide bonds. The predicted octanol–water partition coefficient (Wildman–Crippen LogP) is 2.39. The van der Waals surface area contributed by atoms with Crippen LogP contribution in [0.25, 0.3) is 0 Å². The molecule has 0 aromatic heterocycles. The Kier molecular flexibility index (Phi) is 12.0. The van der Waals surface area contributed by atoms with E-state index in [1.165, 1.54) is 25.7 Å². The highest BCUT2D eigenvalue weighted by Gasteiger charge is 2.20. The van der Waals surface area contributed by atoms with Gasteiger partial charge in [0.2, 0.25) is 0 Å². The normalized spacial score (nSPS) is 15.1. The number of unbranched alkanes of at least 4 members (excludes halogenated alkanes) is 1. The molecule has 5 heteroatoms. The van der Waals surface area contributed by atoms with Crippen LogP contribution in [0, 0.1) is 5.92 Å². The van der Waals surface area contributed by atoms with Gasteiger partial charge in [0.25, 0.3) is 0 Å². The van der Waals surface area contributed by atoms with Crippen LogP contribution in [-0.4, -0.2) is 39.3 Å². The first-order valence-corrected chi connectivity index (χ1v) is 6.89. The maximum absolute atomic E-state index is 5.57. The molecule has 0 aromatic carbocycles. The van der Waals surface area contributed by atoms with Crippen molar-refractivity contribution in [2.24, 2.45) is 10.9 Å². The molecule has 0 aromatic rings. The van der Waals surface area contributed by atoms with Crippen LogP contribution < -0.4 is 10.6 Å². The van der Waals surface area contributed by atoms with Gasteiger partial charge in [-0.1, -0.05) is 13.3 Å². The van der Waals surface area contributed by atoms with E-state index in [4.69, 9.17) is 4.74 Å². The maximum Gasteiger partial charge on any atom is 0.190 e. The number of ether oxygens (including phenoxy) is 1. The van der Waals surface area contributed by atoms with E-state index in [2.05, 4.69) is 22.5 Å². The third kappa shape index (κ3) is 9.94. The SMILES string of the molecule is CCCCNC(=NC)NCCCOCC1CC1.I. The van der Waals surface area contributed by atoms with E-state index in [9.17, 15) is 0 Å². The number of rotatable bonds is 9. The van der Waals surface area contributed by atoms with Gasteiger partial charge in [-0.25, -0.2) is 0 Å². The zero-order valence-corrected chi connectivity index (χ0v) is 14.0. The molecular weight excluding hydrogens is 341 g/mol. The summed E-state index contributed by atoms with van der Waals surface area (Å²) in [5.41, 5.74) is 0. The molecule has 0 heterocycles.